The van der Waals surface area contributed by atoms with Gasteiger partial charge >= 0.3 is 0 Å². The van der Waals surface area contributed by atoms with E-state index in [1.165, 1.54) is 12.3 Å². The highest BCUT2D eigenvalue weighted by Crippen LogP contribution is 2.33. The minimum atomic E-state index is -0.460. The first kappa shape index (κ1) is 20.3. The monoisotopic (exact) mass is 417 g/mol. The van der Waals surface area contributed by atoms with Crippen molar-refractivity contribution in [1.82, 2.24) is 15.3 Å². The fourth-order valence-corrected chi connectivity index (χ4v) is 3.23. The van der Waals surface area contributed by atoms with E-state index in [4.69, 9.17) is 9.47 Å². The summed E-state index contributed by atoms with van der Waals surface area (Å²) in [7, 11) is 1.60. The molecule has 0 bridgehead atoms. The first-order chi connectivity index (χ1) is 15.1. The minimum absolute atomic E-state index is 0.0640. The van der Waals surface area contributed by atoms with Crippen molar-refractivity contribution in [1.29, 1.82) is 0 Å². The first-order valence-corrected chi connectivity index (χ1v) is 9.63. The van der Waals surface area contributed by atoms with Crippen molar-refractivity contribution in [2.24, 2.45) is 0 Å². The lowest BCUT2D eigenvalue weighted by Crippen LogP contribution is -2.24. The molecule has 7 heteroatoms. The van der Waals surface area contributed by atoms with E-state index < -0.39 is 5.82 Å². The SMILES string of the molecule is COc1ccc2c(Oc3cccc(C(=O)NCc4ccncc4F)c3C)ccnc2c1. The van der Waals surface area contributed by atoms with E-state index in [0.29, 0.717) is 33.9 Å². The Bertz CT molecular complexity index is 1260. The van der Waals surface area contributed by atoms with Crippen molar-refractivity contribution in [3.8, 4) is 17.2 Å². The third-order valence-corrected chi connectivity index (χ3v) is 4.95. The lowest BCUT2D eigenvalue weighted by atomic mass is 10.1. The van der Waals surface area contributed by atoms with Gasteiger partial charge in [0.15, 0.2) is 0 Å². The van der Waals surface area contributed by atoms with E-state index >= 15 is 0 Å². The average molecular weight is 417 g/mol. The molecule has 2 aromatic heterocycles. The van der Waals surface area contributed by atoms with Crippen LogP contribution in [0.5, 0.6) is 17.2 Å². The Morgan fingerprint density at radius 1 is 1.10 bits per heavy atom. The highest BCUT2D eigenvalue weighted by atomic mass is 19.1. The summed E-state index contributed by atoms with van der Waals surface area (Å²) < 4.78 is 25.1. The van der Waals surface area contributed by atoms with Gasteiger partial charge in [0.1, 0.15) is 23.1 Å². The highest BCUT2D eigenvalue weighted by molar-refractivity contribution is 5.96. The summed E-state index contributed by atoms with van der Waals surface area (Å²) in [6.45, 7) is 1.87. The summed E-state index contributed by atoms with van der Waals surface area (Å²) in [5.41, 5.74) is 2.23. The quantitative estimate of drug-likeness (QED) is 0.487. The molecule has 0 aliphatic heterocycles. The van der Waals surface area contributed by atoms with E-state index in [2.05, 4.69) is 15.3 Å². The second-order valence-corrected chi connectivity index (χ2v) is 6.87. The van der Waals surface area contributed by atoms with Crippen molar-refractivity contribution < 1.29 is 18.7 Å². The van der Waals surface area contributed by atoms with E-state index in [-0.39, 0.29) is 12.5 Å². The van der Waals surface area contributed by atoms with Gasteiger partial charge in [0.05, 0.1) is 18.8 Å². The normalized spacial score (nSPS) is 10.7. The minimum Gasteiger partial charge on any atom is -0.497 e. The molecule has 4 rings (SSSR count). The highest BCUT2D eigenvalue weighted by Gasteiger charge is 2.15. The van der Waals surface area contributed by atoms with Crippen molar-refractivity contribution >= 4 is 16.8 Å². The zero-order valence-corrected chi connectivity index (χ0v) is 17.1. The molecule has 4 aromatic rings. The van der Waals surface area contributed by atoms with Crippen LogP contribution in [0.1, 0.15) is 21.5 Å². The summed E-state index contributed by atoms with van der Waals surface area (Å²) in [5.74, 6) is 1.09. The van der Waals surface area contributed by atoms with Crippen molar-refractivity contribution in [2.75, 3.05) is 7.11 Å². The van der Waals surface area contributed by atoms with Gasteiger partial charge in [-0.2, -0.15) is 0 Å². The summed E-state index contributed by atoms with van der Waals surface area (Å²) in [6, 6.07) is 14.1. The Hall–Kier alpha value is -4.00. The lowest BCUT2D eigenvalue weighted by molar-refractivity contribution is 0.0949. The number of amides is 1. The summed E-state index contributed by atoms with van der Waals surface area (Å²) in [5, 5.41) is 3.57. The number of aromatic nitrogens is 2. The van der Waals surface area contributed by atoms with Gasteiger partial charge in [-0.15, -0.1) is 0 Å². The van der Waals surface area contributed by atoms with Crippen LogP contribution in [0.4, 0.5) is 4.39 Å². The molecule has 1 N–H and O–H groups in total. The van der Waals surface area contributed by atoms with Crippen LogP contribution in [0.15, 0.2) is 67.1 Å². The number of hydrogen-bond acceptors (Lipinski definition) is 5. The molecule has 6 nitrogen and oxygen atoms in total. The van der Waals surface area contributed by atoms with Crippen LogP contribution in [-0.2, 0) is 6.54 Å². The molecule has 156 valence electrons. The van der Waals surface area contributed by atoms with E-state index in [1.807, 2.05) is 25.1 Å². The number of benzene rings is 2. The fraction of sp³-hybridized carbons (Fsp3) is 0.125. The van der Waals surface area contributed by atoms with E-state index in [9.17, 15) is 9.18 Å². The van der Waals surface area contributed by atoms with Gasteiger partial charge < -0.3 is 14.8 Å². The van der Waals surface area contributed by atoms with Crippen molar-refractivity contribution in [3.05, 3.63) is 89.6 Å². The number of carbonyl (C=O) groups excluding carboxylic acids is 1. The molecular formula is C24H20FN3O3. The van der Waals surface area contributed by atoms with E-state index in [1.54, 1.807) is 37.6 Å². The maximum atomic E-state index is 13.8. The number of methoxy groups -OCH3 is 1. The number of nitrogens with one attached hydrogen (secondary N) is 1. The Morgan fingerprint density at radius 3 is 2.77 bits per heavy atom. The maximum Gasteiger partial charge on any atom is 0.251 e. The number of nitrogens with zero attached hydrogens (tertiary/aromatic N) is 2. The molecule has 0 aliphatic carbocycles. The predicted octanol–water partition coefficient (Wildman–Crippen LogP) is 4.81. The zero-order chi connectivity index (χ0) is 21.8. The molecule has 2 heterocycles. The molecule has 0 fully saturated rings. The Kier molecular flexibility index (Phi) is 5.75. The summed E-state index contributed by atoms with van der Waals surface area (Å²) in [6.07, 6.45) is 4.26. The Balaban J connectivity index is 1.57. The first-order valence-electron chi connectivity index (χ1n) is 9.63. The van der Waals surface area contributed by atoms with E-state index in [0.717, 1.165) is 17.1 Å². The maximum absolute atomic E-state index is 13.8. The molecule has 0 unspecified atom stereocenters. The number of pyridine rings is 2. The second-order valence-electron chi connectivity index (χ2n) is 6.87. The molecule has 1 amide bonds. The third kappa shape index (κ3) is 4.30. The molecule has 0 spiro atoms. The van der Waals surface area contributed by atoms with Crippen LogP contribution < -0.4 is 14.8 Å². The number of fused-ring (bicyclic) bond motifs is 1. The smallest absolute Gasteiger partial charge is 0.251 e. The third-order valence-electron chi connectivity index (χ3n) is 4.95. The van der Waals surface area contributed by atoms with Crippen LogP contribution in [0.2, 0.25) is 0 Å². The second kappa shape index (κ2) is 8.79. The summed E-state index contributed by atoms with van der Waals surface area (Å²) in [4.78, 5) is 20.8. The van der Waals surface area contributed by atoms with Gasteiger partial charge in [-0.1, -0.05) is 6.07 Å². The standard InChI is InChI=1S/C24H20FN3O3/c1-15-18(24(29)28-13-16-8-10-26-14-20(16)25)4-3-5-22(15)31-23-9-11-27-21-12-17(30-2)6-7-19(21)23/h3-12,14H,13H2,1-2H3,(H,28,29). The molecule has 31 heavy (non-hydrogen) atoms. The van der Waals surface area contributed by atoms with Gasteiger partial charge in [0, 0.05) is 47.1 Å². The lowest BCUT2D eigenvalue weighted by Gasteiger charge is -2.14. The fourth-order valence-electron chi connectivity index (χ4n) is 3.23. The average Bonchev–Trinajstić information content (AvgIpc) is 2.79. The van der Waals surface area contributed by atoms with Gasteiger partial charge in [0.2, 0.25) is 0 Å². The van der Waals surface area contributed by atoms with Gasteiger partial charge in [-0.25, -0.2) is 4.39 Å². The van der Waals surface area contributed by atoms with Crippen molar-refractivity contribution in [2.45, 2.75) is 13.5 Å². The van der Waals surface area contributed by atoms with Crippen molar-refractivity contribution in [3.63, 3.8) is 0 Å². The predicted molar refractivity (Wildman–Crippen MR) is 115 cm³/mol. The van der Waals surface area contributed by atoms with Crippen LogP contribution in [-0.4, -0.2) is 23.0 Å². The van der Waals surface area contributed by atoms with Gasteiger partial charge in [-0.3, -0.25) is 14.8 Å². The van der Waals surface area contributed by atoms with Crippen LogP contribution >= 0.6 is 0 Å². The molecule has 2 aromatic carbocycles. The van der Waals surface area contributed by atoms with Crippen LogP contribution in [0, 0.1) is 12.7 Å². The molecule has 0 aliphatic rings. The van der Waals surface area contributed by atoms with Gasteiger partial charge in [-0.05, 0) is 43.3 Å². The largest absolute Gasteiger partial charge is 0.497 e. The zero-order valence-electron chi connectivity index (χ0n) is 17.1. The molecule has 0 atom stereocenters. The Morgan fingerprint density at radius 2 is 1.97 bits per heavy atom. The van der Waals surface area contributed by atoms with Gasteiger partial charge in [0.25, 0.3) is 5.91 Å². The molecular weight excluding hydrogens is 397 g/mol. The number of carbonyl (C=O) groups is 1. The number of halogens is 1. The van der Waals surface area contributed by atoms with Crippen LogP contribution in [0.25, 0.3) is 10.9 Å². The molecule has 0 saturated carbocycles. The topological polar surface area (TPSA) is 73.3 Å². The summed E-state index contributed by atoms with van der Waals surface area (Å²) >= 11 is 0. The number of ether oxygens (including phenoxy) is 2. The number of rotatable bonds is 6. The number of hydrogen-bond donors (Lipinski definition) is 1. The Labute approximate surface area is 178 Å². The van der Waals surface area contributed by atoms with Crippen LogP contribution in [0.3, 0.4) is 0 Å². The molecule has 0 saturated heterocycles. The molecule has 0 radical (unpaired) electrons.